The number of Topliss-reactive ketones (excluding diaryl/α,β-unsaturated/α-hetero) is 1. The zero-order chi connectivity index (χ0) is 14.4. The summed E-state index contributed by atoms with van der Waals surface area (Å²) in [5, 5.41) is 0. The number of methoxy groups -OCH3 is 1. The number of ether oxygens (including phenoxy) is 1. The lowest BCUT2D eigenvalue weighted by molar-refractivity contribution is -0.140. The first-order valence-corrected chi connectivity index (χ1v) is 6.25. The van der Waals surface area contributed by atoms with Crippen LogP contribution in [-0.2, 0) is 9.59 Å². The zero-order valence-electron chi connectivity index (χ0n) is 10.8. The van der Waals surface area contributed by atoms with Crippen LogP contribution >= 0.6 is 0 Å². The van der Waals surface area contributed by atoms with Crippen LogP contribution in [0.5, 0.6) is 5.75 Å². The highest BCUT2D eigenvalue weighted by atomic mass is 19.1. The van der Waals surface area contributed by atoms with Gasteiger partial charge in [0.1, 0.15) is 11.6 Å². The van der Waals surface area contributed by atoms with Gasteiger partial charge in [-0.2, -0.15) is 0 Å². The van der Waals surface area contributed by atoms with Gasteiger partial charge in [-0.3, -0.25) is 19.3 Å². The second kappa shape index (κ2) is 4.40. The SMILES string of the molecule is COc1ccc(F)cc1C(=O)CN1C(=O)C2CC2C1=O. The number of fused-ring (bicyclic) bond motifs is 1. The number of amides is 2. The normalized spacial score (nSPS) is 23.8. The van der Waals surface area contributed by atoms with Crippen molar-refractivity contribution in [2.24, 2.45) is 11.8 Å². The molecule has 0 radical (unpaired) electrons. The van der Waals surface area contributed by atoms with Crippen molar-refractivity contribution in [3.63, 3.8) is 0 Å². The van der Waals surface area contributed by atoms with E-state index in [4.69, 9.17) is 4.74 Å². The number of imide groups is 1. The molecule has 0 N–H and O–H groups in total. The van der Waals surface area contributed by atoms with Crippen molar-refractivity contribution in [1.29, 1.82) is 0 Å². The van der Waals surface area contributed by atoms with Gasteiger partial charge >= 0.3 is 0 Å². The maximum absolute atomic E-state index is 13.2. The summed E-state index contributed by atoms with van der Waals surface area (Å²) in [6.07, 6.45) is 0.589. The molecule has 2 aliphatic rings. The zero-order valence-corrected chi connectivity index (χ0v) is 10.8. The Bertz CT molecular complexity index is 608. The molecule has 0 spiro atoms. The second-order valence-electron chi connectivity index (χ2n) is 4.98. The summed E-state index contributed by atoms with van der Waals surface area (Å²) in [5.41, 5.74) is 0.0358. The topological polar surface area (TPSA) is 63.7 Å². The highest BCUT2D eigenvalue weighted by molar-refractivity contribution is 6.12. The van der Waals surface area contributed by atoms with E-state index in [-0.39, 0.29) is 41.5 Å². The molecular weight excluding hydrogens is 265 g/mol. The number of likely N-dealkylation sites (tertiary alicyclic amines) is 1. The molecule has 20 heavy (non-hydrogen) atoms. The van der Waals surface area contributed by atoms with E-state index in [9.17, 15) is 18.8 Å². The van der Waals surface area contributed by atoms with Crippen molar-refractivity contribution in [2.75, 3.05) is 13.7 Å². The number of ketones is 1. The fourth-order valence-electron chi connectivity index (χ4n) is 2.53. The van der Waals surface area contributed by atoms with Crippen LogP contribution in [0.25, 0.3) is 0 Å². The third-order valence-corrected chi connectivity index (χ3v) is 3.72. The van der Waals surface area contributed by atoms with Gasteiger partial charge in [0.15, 0.2) is 5.78 Å². The average Bonchev–Trinajstić information content (AvgIpc) is 3.19. The molecule has 2 amide bonds. The molecule has 3 rings (SSSR count). The minimum absolute atomic E-state index is 0.0358. The minimum Gasteiger partial charge on any atom is -0.496 e. The predicted molar refractivity (Wildman–Crippen MR) is 65.6 cm³/mol. The van der Waals surface area contributed by atoms with Gasteiger partial charge < -0.3 is 4.74 Å². The van der Waals surface area contributed by atoms with Crippen LogP contribution in [0.4, 0.5) is 4.39 Å². The van der Waals surface area contributed by atoms with Crippen LogP contribution in [0.3, 0.4) is 0 Å². The molecule has 1 saturated heterocycles. The van der Waals surface area contributed by atoms with E-state index >= 15 is 0 Å². The highest BCUT2D eigenvalue weighted by Gasteiger charge is 2.59. The molecule has 104 valence electrons. The third kappa shape index (κ3) is 1.88. The first kappa shape index (κ1) is 12.8. The lowest BCUT2D eigenvalue weighted by Gasteiger charge is -2.16. The first-order valence-electron chi connectivity index (χ1n) is 6.25. The Labute approximate surface area is 114 Å². The van der Waals surface area contributed by atoms with E-state index < -0.39 is 11.6 Å². The summed E-state index contributed by atoms with van der Waals surface area (Å²) < 4.78 is 18.2. The van der Waals surface area contributed by atoms with Crippen molar-refractivity contribution in [3.8, 4) is 5.75 Å². The molecule has 1 aliphatic carbocycles. The number of nitrogens with zero attached hydrogens (tertiary/aromatic N) is 1. The summed E-state index contributed by atoms with van der Waals surface area (Å²) in [5.74, 6) is -1.96. The quantitative estimate of drug-likeness (QED) is 0.609. The van der Waals surface area contributed by atoms with Gasteiger partial charge in [0, 0.05) is 0 Å². The van der Waals surface area contributed by atoms with E-state index in [1.165, 1.54) is 19.2 Å². The Kier molecular flexibility index (Phi) is 2.81. The molecule has 0 aromatic heterocycles. The number of carbonyl (C=O) groups excluding carboxylic acids is 3. The molecule has 6 heteroatoms. The Morgan fingerprint density at radius 1 is 1.35 bits per heavy atom. The van der Waals surface area contributed by atoms with E-state index in [0.717, 1.165) is 11.0 Å². The lowest BCUT2D eigenvalue weighted by atomic mass is 10.1. The number of benzene rings is 1. The van der Waals surface area contributed by atoms with Crippen LogP contribution in [0.2, 0.25) is 0 Å². The Balaban J connectivity index is 1.82. The van der Waals surface area contributed by atoms with Crippen LogP contribution in [-0.4, -0.2) is 36.2 Å². The van der Waals surface area contributed by atoms with Gasteiger partial charge in [-0.15, -0.1) is 0 Å². The lowest BCUT2D eigenvalue weighted by Crippen LogP contribution is -2.37. The maximum atomic E-state index is 13.2. The minimum atomic E-state index is -0.573. The van der Waals surface area contributed by atoms with Gasteiger partial charge in [-0.25, -0.2) is 4.39 Å². The van der Waals surface area contributed by atoms with Crippen LogP contribution in [0.1, 0.15) is 16.8 Å². The number of hydrogen-bond donors (Lipinski definition) is 0. The Morgan fingerprint density at radius 3 is 2.60 bits per heavy atom. The van der Waals surface area contributed by atoms with Gasteiger partial charge in [0.2, 0.25) is 11.8 Å². The van der Waals surface area contributed by atoms with Gasteiger partial charge in [0.05, 0.1) is 31.1 Å². The first-order chi connectivity index (χ1) is 9.52. The molecule has 2 unspecified atom stereocenters. The molecule has 1 aliphatic heterocycles. The van der Waals surface area contributed by atoms with Gasteiger partial charge in [-0.05, 0) is 24.6 Å². The average molecular weight is 277 g/mol. The number of hydrogen-bond acceptors (Lipinski definition) is 4. The summed E-state index contributed by atoms with van der Waals surface area (Å²) in [6.45, 7) is -0.357. The highest BCUT2D eigenvalue weighted by Crippen LogP contribution is 2.46. The number of rotatable bonds is 4. The van der Waals surface area contributed by atoms with E-state index in [1.807, 2.05) is 0 Å². The standard InChI is InChI=1S/C14H12FNO4/c1-20-12-3-2-7(15)4-10(12)11(17)6-16-13(18)8-5-9(8)14(16)19/h2-4,8-9H,5-6H2,1H3. The second-order valence-corrected chi connectivity index (χ2v) is 4.98. The molecule has 5 nitrogen and oxygen atoms in total. The smallest absolute Gasteiger partial charge is 0.233 e. The van der Waals surface area contributed by atoms with Crippen molar-refractivity contribution in [3.05, 3.63) is 29.6 Å². The molecule has 1 aromatic carbocycles. The van der Waals surface area contributed by atoms with E-state index in [1.54, 1.807) is 0 Å². The molecule has 1 saturated carbocycles. The van der Waals surface area contributed by atoms with Crippen molar-refractivity contribution in [2.45, 2.75) is 6.42 Å². The number of piperidine rings is 1. The molecule has 0 bridgehead atoms. The third-order valence-electron chi connectivity index (χ3n) is 3.72. The fourth-order valence-corrected chi connectivity index (χ4v) is 2.53. The van der Waals surface area contributed by atoms with Crippen LogP contribution in [0.15, 0.2) is 18.2 Å². The monoisotopic (exact) mass is 277 g/mol. The molecule has 1 heterocycles. The molecular formula is C14H12FNO4. The Hall–Kier alpha value is -2.24. The molecule has 2 fully saturated rings. The molecule has 2 atom stereocenters. The van der Waals surface area contributed by atoms with Crippen molar-refractivity contribution in [1.82, 2.24) is 4.90 Å². The van der Waals surface area contributed by atoms with Crippen molar-refractivity contribution >= 4 is 17.6 Å². The summed E-state index contributed by atoms with van der Waals surface area (Å²) in [7, 11) is 1.37. The van der Waals surface area contributed by atoms with E-state index in [2.05, 4.69) is 0 Å². The van der Waals surface area contributed by atoms with Gasteiger partial charge in [-0.1, -0.05) is 0 Å². The Morgan fingerprint density at radius 2 is 2.00 bits per heavy atom. The number of halogens is 1. The van der Waals surface area contributed by atoms with Crippen molar-refractivity contribution < 1.29 is 23.5 Å². The van der Waals surface area contributed by atoms with Gasteiger partial charge in [0.25, 0.3) is 0 Å². The van der Waals surface area contributed by atoms with E-state index in [0.29, 0.717) is 6.42 Å². The molecule has 1 aromatic rings. The largest absolute Gasteiger partial charge is 0.496 e. The van der Waals surface area contributed by atoms with Crippen LogP contribution < -0.4 is 4.74 Å². The summed E-state index contributed by atoms with van der Waals surface area (Å²) in [4.78, 5) is 36.7. The number of carbonyl (C=O) groups is 3. The van der Waals surface area contributed by atoms with Crippen LogP contribution in [0, 0.1) is 17.7 Å². The summed E-state index contributed by atoms with van der Waals surface area (Å²) >= 11 is 0. The maximum Gasteiger partial charge on any atom is 0.233 e. The fraction of sp³-hybridized carbons (Fsp3) is 0.357. The summed E-state index contributed by atoms with van der Waals surface area (Å²) in [6, 6.07) is 3.57. The predicted octanol–water partition coefficient (Wildman–Crippen LogP) is 1.02.